The fraction of sp³-hybridized carbons (Fsp3) is 0.429. The molecule has 0 unspecified atom stereocenters. The Morgan fingerprint density at radius 2 is 2.06 bits per heavy atom. The van der Waals surface area contributed by atoms with Gasteiger partial charge in [-0.25, -0.2) is 4.79 Å². The van der Waals surface area contributed by atoms with Gasteiger partial charge >= 0.3 is 5.97 Å². The summed E-state index contributed by atoms with van der Waals surface area (Å²) < 4.78 is 4.76. The molecule has 0 aromatic heterocycles. The van der Waals surface area contributed by atoms with Crippen molar-refractivity contribution in [2.45, 2.75) is 51.3 Å². The maximum atomic E-state index is 11.6. The molecule has 170 valence electrons. The number of hydrogen-bond acceptors (Lipinski definition) is 4. The van der Waals surface area contributed by atoms with E-state index in [0.717, 1.165) is 31.3 Å². The van der Waals surface area contributed by atoms with Crippen molar-refractivity contribution in [1.29, 1.82) is 5.26 Å². The lowest BCUT2D eigenvalue weighted by Crippen LogP contribution is -2.47. The number of nitrogens with zero attached hydrogens (tertiary/aromatic N) is 1. The van der Waals surface area contributed by atoms with Crippen LogP contribution < -0.4 is 0 Å². The minimum absolute atomic E-state index is 0.105. The minimum atomic E-state index is -0.567. The van der Waals surface area contributed by atoms with Gasteiger partial charge in [-0.1, -0.05) is 73.7 Å². The zero-order chi connectivity index (χ0) is 23.6. The summed E-state index contributed by atoms with van der Waals surface area (Å²) in [5.41, 5.74) is 0.242. The molecule has 3 nitrogen and oxygen atoms in total. The molecule has 32 heavy (non-hydrogen) atoms. The number of methoxy groups -OCH3 is 1. The van der Waals surface area contributed by atoms with Crippen LogP contribution in [0.25, 0.3) is 0 Å². The van der Waals surface area contributed by atoms with E-state index in [1.807, 2.05) is 48.8 Å². The fourth-order valence-electron chi connectivity index (χ4n) is 4.72. The van der Waals surface area contributed by atoms with Gasteiger partial charge in [-0.3, -0.25) is 0 Å². The van der Waals surface area contributed by atoms with Crippen LogP contribution in [0.2, 0.25) is 0 Å². The van der Waals surface area contributed by atoms with Gasteiger partial charge in [0.15, 0.2) is 0 Å². The summed E-state index contributed by atoms with van der Waals surface area (Å²) in [6.07, 6.45) is 13.1. The first-order valence-electron chi connectivity index (χ1n) is 11.2. The molecule has 0 heterocycles. The third-order valence-corrected chi connectivity index (χ3v) is 7.83. The second kappa shape index (κ2) is 11.9. The van der Waals surface area contributed by atoms with Gasteiger partial charge in [0.25, 0.3) is 0 Å². The number of allylic oxidation sites excluding steroid dienone is 5. The summed E-state index contributed by atoms with van der Waals surface area (Å²) in [7, 11) is 1.39. The summed E-state index contributed by atoms with van der Waals surface area (Å²) in [4.78, 5) is 12.8. The van der Waals surface area contributed by atoms with Crippen LogP contribution in [0.3, 0.4) is 0 Å². The number of nitriles is 1. The van der Waals surface area contributed by atoms with Gasteiger partial charge in [0, 0.05) is 11.0 Å². The molecule has 1 saturated carbocycles. The Hall–Kier alpha value is -2.51. The zero-order valence-corrected chi connectivity index (χ0v) is 20.5. The lowest BCUT2D eigenvalue weighted by molar-refractivity contribution is -0.134. The van der Waals surface area contributed by atoms with Crippen molar-refractivity contribution in [3.63, 3.8) is 0 Å². The molecule has 1 aliphatic carbocycles. The Labute approximate surface area is 197 Å². The first-order valence-corrected chi connectivity index (χ1v) is 12.1. The number of benzene rings is 1. The van der Waals surface area contributed by atoms with Gasteiger partial charge in [-0.05, 0) is 67.4 Å². The Morgan fingerprint density at radius 3 is 2.69 bits per heavy atom. The average Bonchev–Trinajstić information content (AvgIpc) is 2.81. The summed E-state index contributed by atoms with van der Waals surface area (Å²) in [5, 5.41) is 12.4. The van der Waals surface area contributed by atoms with Crippen LogP contribution in [0, 0.1) is 34.0 Å². The van der Waals surface area contributed by atoms with Gasteiger partial charge < -0.3 is 4.74 Å². The number of ether oxygens (including phenoxy) is 1. The average molecular weight is 450 g/mol. The molecule has 1 aromatic carbocycles. The molecule has 4 heteroatoms. The minimum Gasteiger partial charge on any atom is -0.466 e. The number of rotatable bonds is 9. The van der Waals surface area contributed by atoms with Crippen LogP contribution in [0.15, 0.2) is 83.2 Å². The second-order valence-electron chi connectivity index (χ2n) is 8.89. The molecule has 1 aliphatic rings. The Balaban J connectivity index is 2.25. The van der Waals surface area contributed by atoms with E-state index in [4.69, 9.17) is 4.74 Å². The quantitative estimate of drug-likeness (QED) is 0.129. The smallest absolute Gasteiger partial charge is 0.330 e. The van der Waals surface area contributed by atoms with Gasteiger partial charge in [-0.15, -0.1) is 6.58 Å². The number of carbonyl (C=O) groups excluding carboxylic acids is 1. The molecule has 0 aliphatic heterocycles. The van der Waals surface area contributed by atoms with E-state index in [9.17, 15) is 10.1 Å². The maximum Gasteiger partial charge on any atom is 0.330 e. The standard InChI is InChI=1S/C28H35NO2S/c1-6-27(4)23(3)16-18-28(21-29,25(27)15-14-22(2)20-26(30)31-5)17-10-11-19-32-24-12-8-7-9-13-24/h6-13,17,19-20,23,25H,1,14-16,18H2,2-5H3/b17-10+,19-11+,22-20+/t23-,25-,27+,28-/m1/s1. The molecule has 2 rings (SSSR count). The predicted octanol–water partition coefficient (Wildman–Crippen LogP) is 7.50. The topological polar surface area (TPSA) is 50.1 Å². The molecule has 1 aromatic rings. The molecule has 0 radical (unpaired) electrons. The van der Waals surface area contributed by atoms with E-state index in [1.54, 1.807) is 17.8 Å². The van der Waals surface area contributed by atoms with Crippen molar-refractivity contribution in [2.75, 3.05) is 7.11 Å². The van der Waals surface area contributed by atoms with E-state index in [-0.39, 0.29) is 17.3 Å². The van der Waals surface area contributed by atoms with E-state index < -0.39 is 5.41 Å². The van der Waals surface area contributed by atoms with Crippen LogP contribution in [0.5, 0.6) is 0 Å². The normalized spacial score (nSPS) is 28.5. The molecule has 0 amide bonds. The molecular weight excluding hydrogens is 414 g/mol. The van der Waals surface area contributed by atoms with Crippen molar-refractivity contribution < 1.29 is 9.53 Å². The van der Waals surface area contributed by atoms with E-state index >= 15 is 0 Å². The van der Waals surface area contributed by atoms with E-state index in [0.29, 0.717) is 5.92 Å². The van der Waals surface area contributed by atoms with Crippen molar-refractivity contribution in [3.8, 4) is 6.07 Å². The SMILES string of the molecule is C=C[C@@]1(C)[C@H](C)CC[C@@](C#N)(/C=C/C=C/Sc2ccccc2)[C@@H]1CC/C(C)=C/C(=O)OC. The molecule has 0 bridgehead atoms. The molecule has 0 spiro atoms. The third kappa shape index (κ3) is 6.26. The first-order chi connectivity index (χ1) is 15.3. The van der Waals surface area contributed by atoms with Crippen LogP contribution >= 0.6 is 11.8 Å². The lowest BCUT2D eigenvalue weighted by atomic mass is 9.50. The molecule has 0 N–H and O–H groups in total. The van der Waals surface area contributed by atoms with Crippen LogP contribution in [0.4, 0.5) is 0 Å². The molecule has 0 saturated heterocycles. The number of carbonyl (C=O) groups is 1. The van der Waals surface area contributed by atoms with E-state index in [2.05, 4.69) is 44.7 Å². The fourth-order valence-corrected chi connectivity index (χ4v) is 5.36. The summed E-state index contributed by atoms with van der Waals surface area (Å²) in [6, 6.07) is 12.9. The number of hydrogen-bond donors (Lipinski definition) is 0. The highest BCUT2D eigenvalue weighted by atomic mass is 32.2. The molecule has 4 atom stereocenters. The van der Waals surface area contributed by atoms with Crippen molar-refractivity contribution in [3.05, 3.63) is 78.3 Å². The van der Waals surface area contributed by atoms with Crippen LogP contribution in [0.1, 0.15) is 46.5 Å². The third-order valence-electron chi connectivity index (χ3n) is 7.00. The van der Waals surface area contributed by atoms with Crippen LogP contribution in [-0.2, 0) is 9.53 Å². The maximum absolute atomic E-state index is 11.6. The summed E-state index contributed by atoms with van der Waals surface area (Å²) >= 11 is 1.66. The monoisotopic (exact) mass is 449 g/mol. The number of thioether (sulfide) groups is 1. The highest BCUT2D eigenvalue weighted by molar-refractivity contribution is 8.02. The molecular formula is C28H35NO2S. The van der Waals surface area contributed by atoms with Gasteiger partial charge in [-0.2, -0.15) is 5.26 Å². The van der Waals surface area contributed by atoms with Crippen molar-refractivity contribution >= 4 is 17.7 Å². The highest BCUT2D eigenvalue weighted by Gasteiger charge is 2.51. The summed E-state index contributed by atoms with van der Waals surface area (Å²) in [6.45, 7) is 10.6. The van der Waals surface area contributed by atoms with Gasteiger partial charge in [0.1, 0.15) is 0 Å². The Morgan fingerprint density at radius 1 is 1.34 bits per heavy atom. The first kappa shape index (κ1) is 25.7. The second-order valence-corrected chi connectivity index (χ2v) is 9.86. The lowest BCUT2D eigenvalue weighted by Gasteiger charge is -2.52. The van der Waals surface area contributed by atoms with Gasteiger partial charge in [0.05, 0.1) is 18.6 Å². The van der Waals surface area contributed by atoms with Gasteiger partial charge in [0.2, 0.25) is 0 Å². The Bertz CT molecular complexity index is 911. The Kier molecular flexibility index (Phi) is 9.60. The van der Waals surface area contributed by atoms with E-state index in [1.165, 1.54) is 12.0 Å². The predicted molar refractivity (Wildman–Crippen MR) is 134 cm³/mol. The number of esters is 1. The van der Waals surface area contributed by atoms with Crippen LogP contribution in [-0.4, -0.2) is 13.1 Å². The zero-order valence-electron chi connectivity index (χ0n) is 19.7. The molecule has 1 fully saturated rings. The highest BCUT2D eigenvalue weighted by Crippen LogP contribution is 2.57. The summed E-state index contributed by atoms with van der Waals surface area (Å²) in [5.74, 6) is 0.209. The van der Waals surface area contributed by atoms with Crippen molar-refractivity contribution in [1.82, 2.24) is 0 Å². The van der Waals surface area contributed by atoms with Crippen molar-refractivity contribution in [2.24, 2.45) is 22.7 Å². The largest absolute Gasteiger partial charge is 0.466 e.